The molecule has 0 radical (unpaired) electrons. The van der Waals surface area contributed by atoms with Crippen LogP contribution in [-0.2, 0) is 10.1 Å². The van der Waals surface area contributed by atoms with E-state index >= 15 is 0 Å². The van der Waals surface area contributed by atoms with E-state index in [-0.39, 0.29) is 0 Å². The first-order valence-electron chi connectivity index (χ1n) is 5.47. The second-order valence-corrected chi connectivity index (χ2v) is 9.10. The molecule has 0 aliphatic carbocycles. The molecule has 19 heavy (non-hydrogen) atoms. The standard InChI is InChI=1S/C12H16I2O4S/c1-12(2,3)11(19(15,16)17)7-5-10(18-4)9(14)6-8(7)13/h5-6,11H,1-4H3,(H,15,16,17). The number of methoxy groups -OCH3 is 1. The molecule has 1 rings (SSSR count). The summed E-state index contributed by atoms with van der Waals surface area (Å²) in [6.07, 6.45) is 0. The summed E-state index contributed by atoms with van der Waals surface area (Å²) in [4.78, 5) is 0. The van der Waals surface area contributed by atoms with E-state index in [9.17, 15) is 13.0 Å². The lowest BCUT2D eigenvalue weighted by Crippen LogP contribution is -2.27. The van der Waals surface area contributed by atoms with Gasteiger partial charge in [0.2, 0.25) is 0 Å². The van der Waals surface area contributed by atoms with Crippen molar-refractivity contribution < 1.29 is 17.7 Å². The third kappa shape index (κ3) is 4.18. The van der Waals surface area contributed by atoms with Crippen LogP contribution in [0.15, 0.2) is 12.1 Å². The molecule has 0 spiro atoms. The van der Waals surface area contributed by atoms with Crippen molar-refractivity contribution in [3.05, 3.63) is 24.8 Å². The van der Waals surface area contributed by atoms with Crippen molar-refractivity contribution in [2.75, 3.05) is 7.11 Å². The molecule has 0 aromatic heterocycles. The van der Waals surface area contributed by atoms with Crippen molar-refractivity contribution in [2.45, 2.75) is 26.0 Å². The predicted molar refractivity (Wildman–Crippen MR) is 92.2 cm³/mol. The van der Waals surface area contributed by atoms with Gasteiger partial charge in [-0.05, 0) is 68.3 Å². The zero-order valence-corrected chi connectivity index (χ0v) is 16.2. The maximum atomic E-state index is 11.7. The van der Waals surface area contributed by atoms with E-state index in [0.717, 1.165) is 7.14 Å². The van der Waals surface area contributed by atoms with E-state index in [1.54, 1.807) is 26.8 Å². The van der Waals surface area contributed by atoms with Crippen molar-refractivity contribution in [3.8, 4) is 5.75 Å². The number of hydrogen-bond donors (Lipinski definition) is 1. The highest BCUT2D eigenvalue weighted by molar-refractivity contribution is 14.1. The summed E-state index contributed by atoms with van der Waals surface area (Å²) in [6, 6.07) is 3.53. The molecule has 1 N–H and O–H groups in total. The molecule has 0 aliphatic heterocycles. The first-order valence-corrected chi connectivity index (χ1v) is 9.13. The second-order valence-electron chi connectivity index (χ2n) is 5.27. The lowest BCUT2D eigenvalue weighted by atomic mass is 9.87. The highest BCUT2D eigenvalue weighted by Crippen LogP contribution is 2.42. The Balaban J connectivity index is 3.57. The zero-order valence-electron chi connectivity index (χ0n) is 11.1. The first kappa shape index (κ1) is 17.4. The number of ether oxygens (including phenoxy) is 1. The SMILES string of the molecule is COc1cc(C(C(C)(C)C)S(=O)(=O)O)c(I)cc1I. The van der Waals surface area contributed by atoms with Crippen molar-refractivity contribution in [1.29, 1.82) is 0 Å². The largest absolute Gasteiger partial charge is 0.496 e. The second kappa shape index (κ2) is 6.02. The van der Waals surface area contributed by atoms with Crippen LogP contribution in [0.2, 0.25) is 0 Å². The molecule has 0 bridgehead atoms. The van der Waals surface area contributed by atoms with Crippen molar-refractivity contribution in [2.24, 2.45) is 5.41 Å². The fourth-order valence-electron chi connectivity index (χ4n) is 1.98. The first-order chi connectivity index (χ1) is 8.48. The fraction of sp³-hybridized carbons (Fsp3) is 0.500. The van der Waals surface area contributed by atoms with Gasteiger partial charge in [0.1, 0.15) is 11.0 Å². The summed E-state index contributed by atoms with van der Waals surface area (Å²) in [7, 11) is -2.66. The summed E-state index contributed by atoms with van der Waals surface area (Å²) in [6.45, 7) is 5.35. The summed E-state index contributed by atoms with van der Waals surface area (Å²) in [5.41, 5.74) is -0.0569. The Labute approximate surface area is 141 Å². The van der Waals surface area contributed by atoms with Crippen LogP contribution in [0, 0.1) is 12.6 Å². The summed E-state index contributed by atoms with van der Waals surface area (Å²) >= 11 is 4.20. The molecule has 0 fully saturated rings. The van der Waals surface area contributed by atoms with Gasteiger partial charge in [0.15, 0.2) is 0 Å². The lowest BCUT2D eigenvalue weighted by molar-refractivity contribution is 0.353. The van der Waals surface area contributed by atoms with Crippen molar-refractivity contribution in [1.82, 2.24) is 0 Å². The van der Waals surface area contributed by atoms with Gasteiger partial charge in [-0.15, -0.1) is 0 Å². The van der Waals surface area contributed by atoms with Crippen LogP contribution in [0.4, 0.5) is 0 Å². The third-order valence-electron chi connectivity index (χ3n) is 2.64. The Bertz CT molecular complexity index is 576. The Kier molecular flexibility index (Phi) is 5.53. The Morgan fingerprint density at radius 1 is 1.21 bits per heavy atom. The summed E-state index contributed by atoms with van der Waals surface area (Å²) in [5.74, 6) is 0.605. The van der Waals surface area contributed by atoms with Gasteiger partial charge in [-0.1, -0.05) is 20.8 Å². The summed E-state index contributed by atoms with van der Waals surface area (Å²) < 4.78 is 39.9. The third-order valence-corrected chi connectivity index (χ3v) is 5.97. The fourth-order valence-corrected chi connectivity index (χ4v) is 5.66. The minimum Gasteiger partial charge on any atom is -0.496 e. The van der Waals surface area contributed by atoms with Gasteiger partial charge < -0.3 is 4.74 Å². The van der Waals surface area contributed by atoms with Gasteiger partial charge in [0.25, 0.3) is 10.1 Å². The molecular formula is C12H16I2O4S. The van der Waals surface area contributed by atoms with Crippen LogP contribution in [0.25, 0.3) is 0 Å². The Hall–Kier alpha value is 0.390. The van der Waals surface area contributed by atoms with Crippen LogP contribution in [0.1, 0.15) is 31.6 Å². The molecule has 0 heterocycles. The number of benzene rings is 1. The molecule has 108 valence electrons. The van der Waals surface area contributed by atoms with Crippen molar-refractivity contribution in [3.63, 3.8) is 0 Å². The van der Waals surface area contributed by atoms with Crippen LogP contribution in [-0.4, -0.2) is 20.1 Å². The zero-order chi connectivity index (χ0) is 15.0. The van der Waals surface area contributed by atoms with Gasteiger partial charge in [0, 0.05) is 3.57 Å². The maximum Gasteiger partial charge on any atom is 0.272 e. The lowest BCUT2D eigenvalue weighted by Gasteiger charge is -2.29. The average Bonchev–Trinajstić information content (AvgIpc) is 2.17. The van der Waals surface area contributed by atoms with Crippen LogP contribution in [0.5, 0.6) is 5.75 Å². The maximum absolute atomic E-state index is 11.7. The minimum atomic E-state index is -4.20. The monoisotopic (exact) mass is 510 g/mol. The normalized spacial score (nSPS) is 14.3. The van der Waals surface area contributed by atoms with E-state index in [0.29, 0.717) is 11.3 Å². The van der Waals surface area contributed by atoms with E-state index in [4.69, 9.17) is 4.74 Å². The van der Waals surface area contributed by atoms with Gasteiger partial charge in [-0.3, -0.25) is 4.55 Å². The quantitative estimate of drug-likeness (QED) is 0.496. The number of halogens is 2. The molecule has 1 aromatic rings. The smallest absolute Gasteiger partial charge is 0.272 e. The molecule has 0 aliphatic rings. The van der Waals surface area contributed by atoms with Crippen molar-refractivity contribution >= 4 is 55.3 Å². The molecule has 0 amide bonds. The molecule has 7 heteroatoms. The van der Waals surface area contributed by atoms with Gasteiger partial charge >= 0.3 is 0 Å². The highest BCUT2D eigenvalue weighted by atomic mass is 127. The molecule has 1 unspecified atom stereocenters. The number of rotatable bonds is 3. The molecule has 1 aromatic carbocycles. The van der Waals surface area contributed by atoms with E-state index in [1.165, 1.54) is 7.11 Å². The van der Waals surface area contributed by atoms with Crippen LogP contribution < -0.4 is 4.74 Å². The highest BCUT2D eigenvalue weighted by Gasteiger charge is 2.38. The van der Waals surface area contributed by atoms with Crippen LogP contribution in [0.3, 0.4) is 0 Å². The van der Waals surface area contributed by atoms with Crippen LogP contribution >= 0.6 is 45.2 Å². The Morgan fingerprint density at radius 3 is 2.11 bits per heavy atom. The topological polar surface area (TPSA) is 63.6 Å². The minimum absolute atomic E-state index is 0.563. The number of hydrogen-bond acceptors (Lipinski definition) is 3. The van der Waals surface area contributed by atoms with Gasteiger partial charge in [0.05, 0.1) is 10.7 Å². The molecule has 1 atom stereocenters. The van der Waals surface area contributed by atoms with E-state index < -0.39 is 20.8 Å². The van der Waals surface area contributed by atoms with Gasteiger partial charge in [-0.25, -0.2) is 0 Å². The molecule has 0 saturated heterocycles. The van der Waals surface area contributed by atoms with E-state index in [1.807, 2.05) is 6.07 Å². The molecular weight excluding hydrogens is 494 g/mol. The van der Waals surface area contributed by atoms with Gasteiger partial charge in [-0.2, -0.15) is 8.42 Å². The molecule has 4 nitrogen and oxygen atoms in total. The Morgan fingerprint density at radius 2 is 1.74 bits per heavy atom. The predicted octanol–water partition coefficient (Wildman–Crippen LogP) is 3.88. The average molecular weight is 510 g/mol. The molecule has 0 saturated carbocycles. The van der Waals surface area contributed by atoms with E-state index in [2.05, 4.69) is 45.2 Å². The summed E-state index contributed by atoms with van der Waals surface area (Å²) in [5, 5.41) is -0.988.